The Morgan fingerprint density at radius 1 is 1.29 bits per heavy atom. The molecule has 2 nitrogen and oxygen atoms in total. The molecule has 0 aliphatic carbocycles. The normalized spacial score (nSPS) is 10.3. The number of ether oxygens (including phenoxy) is 1. The number of methoxy groups -OCH3 is 1. The lowest BCUT2D eigenvalue weighted by atomic mass is 10.0. The maximum Gasteiger partial charge on any atom is 0.213 e. The van der Waals surface area contributed by atoms with Crippen LogP contribution in [0.3, 0.4) is 0 Å². The molecule has 0 fully saturated rings. The van der Waals surface area contributed by atoms with Crippen molar-refractivity contribution in [1.82, 2.24) is 4.98 Å². The van der Waals surface area contributed by atoms with Crippen molar-refractivity contribution in [3.63, 3.8) is 0 Å². The van der Waals surface area contributed by atoms with E-state index >= 15 is 0 Å². The Kier molecular flexibility index (Phi) is 3.59. The number of alkyl halides is 1. The van der Waals surface area contributed by atoms with Gasteiger partial charge in [-0.1, -0.05) is 12.1 Å². The minimum absolute atomic E-state index is 0.261. The summed E-state index contributed by atoms with van der Waals surface area (Å²) in [7, 11) is 1.55. The molecule has 0 aliphatic rings. The van der Waals surface area contributed by atoms with Crippen molar-refractivity contribution in [2.45, 2.75) is 5.88 Å². The molecule has 0 aliphatic heterocycles. The van der Waals surface area contributed by atoms with Crippen molar-refractivity contribution >= 4 is 11.6 Å². The summed E-state index contributed by atoms with van der Waals surface area (Å²) in [5.41, 5.74) is 2.68. The number of halogens is 2. The van der Waals surface area contributed by atoms with Gasteiger partial charge in [-0.2, -0.15) is 0 Å². The summed E-state index contributed by atoms with van der Waals surface area (Å²) >= 11 is 5.88. The minimum Gasteiger partial charge on any atom is -0.481 e. The molecular weight excluding hydrogens is 241 g/mol. The monoisotopic (exact) mass is 251 g/mol. The van der Waals surface area contributed by atoms with Crippen LogP contribution in [0.15, 0.2) is 36.5 Å². The van der Waals surface area contributed by atoms with Crippen molar-refractivity contribution in [2.24, 2.45) is 0 Å². The van der Waals surface area contributed by atoms with Crippen LogP contribution in [0.25, 0.3) is 11.1 Å². The lowest BCUT2D eigenvalue weighted by molar-refractivity contribution is 0.397. The van der Waals surface area contributed by atoms with Crippen molar-refractivity contribution < 1.29 is 9.13 Å². The summed E-state index contributed by atoms with van der Waals surface area (Å²) in [6, 6.07) is 8.02. The number of benzene rings is 1. The van der Waals surface area contributed by atoms with Gasteiger partial charge < -0.3 is 4.74 Å². The third kappa shape index (κ3) is 2.56. The molecule has 0 radical (unpaired) electrons. The average Bonchev–Trinajstić information content (AvgIpc) is 2.39. The van der Waals surface area contributed by atoms with E-state index in [0.29, 0.717) is 11.8 Å². The van der Waals surface area contributed by atoms with E-state index in [2.05, 4.69) is 4.98 Å². The number of pyridine rings is 1. The predicted octanol–water partition coefficient (Wildman–Crippen LogP) is 3.64. The summed E-state index contributed by atoms with van der Waals surface area (Å²) in [5, 5.41) is 0. The Hall–Kier alpha value is -1.61. The highest BCUT2D eigenvalue weighted by Gasteiger charge is 2.07. The summed E-state index contributed by atoms with van der Waals surface area (Å²) in [6.45, 7) is 0. The number of rotatable bonds is 3. The molecule has 0 atom stereocenters. The quantitative estimate of drug-likeness (QED) is 0.777. The third-order valence-corrected chi connectivity index (χ3v) is 2.76. The molecule has 1 aromatic heterocycles. The van der Waals surface area contributed by atoms with Crippen molar-refractivity contribution in [1.29, 1.82) is 0 Å². The second-order valence-corrected chi connectivity index (χ2v) is 3.79. The number of nitrogens with zero attached hydrogens (tertiary/aromatic N) is 1. The van der Waals surface area contributed by atoms with Gasteiger partial charge in [-0.15, -0.1) is 11.6 Å². The number of hydrogen-bond acceptors (Lipinski definition) is 2. The van der Waals surface area contributed by atoms with Gasteiger partial charge in [-0.3, -0.25) is 0 Å². The van der Waals surface area contributed by atoms with E-state index in [1.165, 1.54) is 12.1 Å². The average molecular weight is 252 g/mol. The first kappa shape index (κ1) is 11.9. The molecule has 88 valence electrons. The fourth-order valence-electron chi connectivity index (χ4n) is 1.59. The fourth-order valence-corrected chi connectivity index (χ4v) is 1.81. The Labute approximate surface area is 104 Å². The van der Waals surface area contributed by atoms with E-state index in [1.54, 1.807) is 31.5 Å². The van der Waals surface area contributed by atoms with Crippen LogP contribution in [-0.4, -0.2) is 12.1 Å². The van der Waals surface area contributed by atoms with Crippen LogP contribution in [0.1, 0.15) is 5.56 Å². The Morgan fingerprint density at radius 2 is 2.00 bits per heavy atom. The van der Waals surface area contributed by atoms with Gasteiger partial charge in [0, 0.05) is 23.7 Å². The molecule has 0 N–H and O–H groups in total. The van der Waals surface area contributed by atoms with Gasteiger partial charge in [0.15, 0.2) is 0 Å². The lowest BCUT2D eigenvalue weighted by Crippen LogP contribution is -1.93. The topological polar surface area (TPSA) is 22.1 Å². The molecule has 1 aromatic carbocycles. The van der Waals surface area contributed by atoms with Crippen molar-refractivity contribution in [3.8, 4) is 17.0 Å². The summed E-state index contributed by atoms with van der Waals surface area (Å²) in [5.74, 6) is 0.611. The summed E-state index contributed by atoms with van der Waals surface area (Å²) in [4.78, 5) is 4.13. The largest absolute Gasteiger partial charge is 0.481 e. The highest BCUT2D eigenvalue weighted by atomic mass is 35.5. The van der Waals surface area contributed by atoms with Gasteiger partial charge >= 0.3 is 0 Å². The van der Waals surface area contributed by atoms with Gasteiger partial charge in [0.05, 0.1) is 7.11 Å². The van der Waals surface area contributed by atoms with Gasteiger partial charge in [-0.05, 0) is 23.3 Å². The molecule has 2 aromatic rings. The highest BCUT2D eigenvalue weighted by molar-refractivity contribution is 6.17. The second-order valence-electron chi connectivity index (χ2n) is 3.52. The van der Waals surface area contributed by atoms with Crippen LogP contribution in [0.2, 0.25) is 0 Å². The molecule has 0 bridgehead atoms. The molecule has 1 heterocycles. The highest BCUT2D eigenvalue weighted by Crippen LogP contribution is 2.26. The molecule has 0 spiro atoms. The van der Waals surface area contributed by atoms with E-state index in [0.717, 1.165) is 16.7 Å². The summed E-state index contributed by atoms with van der Waals surface area (Å²) in [6.07, 6.45) is 1.68. The van der Waals surface area contributed by atoms with Gasteiger partial charge in [0.2, 0.25) is 5.88 Å². The molecule has 0 saturated heterocycles. The Bertz CT molecular complexity index is 513. The molecular formula is C13H11ClFNO. The van der Waals surface area contributed by atoms with Crippen molar-refractivity contribution in [2.75, 3.05) is 7.11 Å². The van der Waals surface area contributed by atoms with E-state index in [9.17, 15) is 4.39 Å². The standard InChI is InChI=1S/C13H11ClFNO/c1-17-13-6-10(7-14)12(8-16-13)9-2-4-11(15)5-3-9/h2-6,8H,7H2,1H3. The molecule has 4 heteroatoms. The molecule has 0 unspecified atom stereocenters. The second kappa shape index (κ2) is 5.15. The van der Waals surface area contributed by atoms with Gasteiger partial charge in [0.25, 0.3) is 0 Å². The minimum atomic E-state index is -0.261. The van der Waals surface area contributed by atoms with Crippen LogP contribution >= 0.6 is 11.6 Å². The first-order valence-corrected chi connectivity index (χ1v) is 5.63. The first-order valence-electron chi connectivity index (χ1n) is 5.09. The predicted molar refractivity (Wildman–Crippen MR) is 65.7 cm³/mol. The fraction of sp³-hybridized carbons (Fsp3) is 0.154. The number of aromatic nitrogens is 1. The molecule has 0 saturated carbocycles. The Balaban J connectivity index is 2.47. The van der Waals surface area contributed by atoms with Crippen LogP contribution in [0, 0.1) is 5.82 Å². The molecule has 17 heavy (non-hydrogen) atoms. The molecule has 0 amide bonds. The van der Waals surface area contributed by atoms with Crippen LogP contribution in [-0.2, 0) is 5.88 Å². The van der Waals surface area contributed by atoms with Crippen LogP contribution < -0.4 is 4.74 Å². The van der Waals surface area contributed by atoms with E-state index < -0.39 is 0 Å². The zero-order valence-electron chi connectivity index (χ0n) is 9.28. The van der Waals surface area contributed by atoms with Crippen LogP contribution in [0.4, 0.5) is 4.39 Å². The first-order chi connectivity index (χ1) is 8.24. The maximum absolute atomic E-state index is 12.8. The summed E-state index contributed by atoms with van der Waals surface area (Å²) < 4.78 is 17.9. The lowest BCUT2D eigenvalue weighted by Gasteiger charge is -2.08. The maximum atomic E-state index is 12.8. The van der Waals surface area contributed by atoms with Crippen molar-refractivity contribution in [3.05, 3.63) is 47.9 Å². The van der Waals surface area contributed by atoms with E-state index in [-0.39, 0.29) is 5.82 Å². The third-order valence-electron chi connectivity index (χ3n) is 2.47. The number of hydrogen-bond donors (Lipinski definition) is 0. The van der Waals surface area contributed by atoms with Gasteiger partial charge in [-0.25, -0.2) is 9.37 Å². The SMILES string of the molecule is COc1cc(CCl)c(-c2ccc(F)cc2)cn1. The Morgan fingerprint density at radius 3 is 2.59 bits per heavy atom. The zero-order valence-corrected chi connectivity index (χ0v) is 10.0. The van der Waals surface area contributed by atoms with E-state index in [4.69, 9.17) is 16.3 Å². The van der Waals surface area contributed by atoms with Gasteiger partial charge in [0.1, 0.15) is 5.82 Å². The van der Waals surface area contributed by atoms with E-state index in [1.807, 2.05) is 0 Å². The smallest absolute Gasteiger partial charge is 0.213 e. The molecule has 2 rings (SSSR count). The zero-order chi connectivity index (χ0) is 12.3. The van der Waals surface area contributed by atoms with Crippen LogP contribution in [0.5, 0.6) is 5.88 Å².